The van der Waals surface area contributed by atoms with E-state index >= 15 is 0 Å². The number of nitriles is 1. The third kappa shape index (κ3) is 14.8. The Kier molecular flexibility index (Phi) is 19.8. The van der Waals surface area contributed by atoms with Crippen LogP contribution in [0.1, 0.15) is 70.9 Å². The zero-order chi connectivity index (χ0) is 57.1. The van der Waals surface area contributed by atoms with Gasteiger partial charge in [-0.15, -0.1) is 0 Å². The van der Waals surface area contributed by atoms with E-state index in [0.717, 1.165) is 58.2 Å². The number of rotatable bonds is 23. The van der Waals surface area contributed by atoms with Crippen LogP contribution in [0.5, 0.6) is 0 Å². The number of hydrogen-bond donors (Lipinski definition) is 2. The van der Waals surface area contributed by atoms with Crippen LogP contribution in [-0.2, 0) is 106 Å². The number of fused-ring (bicyclic) bond motifs is 1. The molecule has 2 fully saturated rings. The van der Waals surface area contributed by atoms with Gasteiger partial charge in [-0.05, 0) is 28.5 Å². The molecule has 2 aromatic heterocycles. The molecule has 0 spiro atoms. The first-order valence-electron chi connectivity index (χ1n) is 24.0. The van der Waals surface area contributed by atoms with Gasteiger partial charge < -0.3 is 57.2 Å². The number of hydrogen-bond acceptors (Lipinski definition) is 25. The van der Waals surface area contributed by atoms with Gasteiger partial charge in [-0.25, -0.2) is 23.8 Å². The van der Waals surface area contributed by atoms with Crippen molar-refractivity contribution in [2.75, 3.05) is 25.1 Å². The fourth-order valence-electron chi connectivity index (χ4n) is 8.81. The molecule has 4 heterocycles. The van der Waals surface area contributed by atoms with E-state index in [0.29, 0.717) is 0 Å². The van der Waals surface area contributed by atoms with Crippen molar-refractivity contribution in [1.82, 2.24) is 19.5 Å². The summed E-state index contributed by atoms with van der Waals surface area (Å²) in [5.74, 6) is -5.27. The van der Waals surface area contributed by atoms with E-state index < -0.39 is 131 Å². The van der Waals surface area contributed by atoms with E-state index in [-0.39, 0.29) is 23.4 Å². The number of imidazole rings is 1. The van der Waals surface area contributed by atoms with Crippen molar-refractivity contribution in [3.05, 3.63) is 120 Å². The molecular formula is C50H54N6O20P2S. The summed E-state index contributed by atoms with van der Waals surface area (Å²) in [5, 5.41) is 13.1. The molecule has 11 atom stereocenters. The minimum Gasteiger partial charge on any atom is -0.463 e. The number of phosphoric ester groups is 1. The van der Waals surface area contributed by atoms with Crippen LogP contribution < -0.4 is 5.32 Å². The molecule has 2 unspecified atom stereocenters. The predicted octanol–water partition coefficient (Wildman–Crippen LogP) is 5.38. The topological polar surface area (TPSA) is 330 Å². The molecule has 420 valence electrons. The van der Waals surface area contributed by atoms with Crippen LogP contribution in [0.15, 0.2) is 104 Å². The summed E-state index contributed by atoms with van der Waals surface area (Å²) < 4.78 is 82.8. The molecule has 0 aliphatic carbocycles. The highest BCUT2D eigenvalue weighted by Crippen LogP contribution is 2.65. The molecule has 0 saturated carbocycles. The van der Waals surface area contributed by atoms with Crippen molar-refractivity contribution < 1.29 is 94.0 Å². The summed E-state index contributed by atoms with van der Waals surface area (Å²) in [4.78, 5) is 99.9. The highest BCUT2D eigenvalue weighted by Gasteiger charge is 2.56. The van der Waals surface area contributed by atoms with Gasteiger partial charge in [-0.3, -0.25) is 37.9 Å². The molecular weight excluding hydrogens is 1100 g/mol. The van der Waals surface area contributed by atoms with Crippen LogP contribution in [0.2, 0.25) is 0 Å². The monoisotopic (exact) mass is 1150 g/mol. The smallest absolute Gasteiger partial charge is 0.463 e. The fourth-order valence-corrected chi connectivity index (χ4v) is 12.7. The number of nitrogens with zero attached hydrogens (tertiary/aromatic N) is 5. The number of ether oxygens (including phenoxy) is 8. The molecule has 29 heteroatoms. The number of aromatic nitrogens is 4. The average molecular weight is 1150 g/mol. The molecule has 26 nitrogen and oxygen atoms in total. The Morgan fingerprint density at radius 2 is 1.16 bits per heavy atom. The van der Waals surface area contributed by atoms with E-state index in [2.05, 4.69) is 15.3 Å². The van der Waals surface area contributed by atoms with Gasteiger partial charge in [0.05, 0.1) is 32.0 Å². The van der Waals surface area contributed by atoms with Crippen LogP contribution >= 0.6 is 14.5 Å². The normalized spacial score (nSPS) is 23.4. The first-order valence-corrected chi connectivity index (χ1v) is 28.1. The van der Waals surface area contributed by atoms with Gasteiger partial charge >= 0.3 is 50.4 Å². The maximum absolute atomic E-state index is 14.2. The van der Waals surface area contributed by atoms with Crippen molar-refractivity contribution in [2.45, 2.75) is 109 Å². The Labute approximate surface area is 456 Å². The standard InChI is InChI=1S/C50H54N6O20P2S/c1-29(57)65-25-38-41(68-30(2)58)43(70-32(4)60)45(72-34(6)62)49(74-38)75-77(63,64)76-78(79,66-24-16-23-51)67-26-39-42(69-31(3)59)44(71-33(5)61)48(73-39)56-28-54-40-46(52-27-53-47(40)56)55-50(35-17-10-7-11-18-35,36-19-12-8-13-20-36)37-21-14-9-15-22-37/h7-15,17-22,27-28,38-39,41-45,48-49H,16,24-26H2,1-6H3,(H,63,64)(H,52,53,55)/t38-,39-,41-,42-,43+,44-,45+,48-,49+,78?/m1/s1. The van der Waals surface area contributed by atoms with Gasteiger partial charge in [-0.2, -0.15) is 5.26 Å². The Balaban J connectivity index is 1.21. The van der Waals surface area contributed by atoms with Gasteiger partial charge in [0.1, 0.15) is 30.7 Å². The SMILES string of the molecule is CC(=O)OC[C@H]1O[C@@H](OP(=O)(O)OP(=S)(OCCC#N)OC[C@H]2O[C@@H](n3cnc4c(NC(c5ccccc5)(c5ccccc5)c5ccccc5)ncnc43)[C@H](OC(C)=O)[C@@H]2OC(C)=O)[C@@H](OC(C)=O)[C@@H](OC(C)=O)[C@@H]1OC(C)=O. The van der Waals surface area contributed by atoms with Gasteiger partial charge in [-0.1, -0.05) is 91.0 Å². The summed E-state index contributed by atoms with van der Waals surface area (Å²) >= 11 is 5.59. The van der Waals surface area contributed by atoms with Crippen molar-refractivity contribution in [2.24, 2.45) is 0 Å². The number of anilines is 1. The van der Waals surface area contributed by atoms with Crippen LogP contribution in [-0.4, -0.2) is 129 Å². The molecule has 7 rings (SSSR count). The van der Waals surface area contributed by atoms with Crippen LogP contribution in [0, 0.1) is 11.3 Å². The minimum atomic E-state index is -5.76. The molecule has 0 amide bonds. The molecule has 5 aromatic rings. The van der Waals surface area contributed by atoms with Crippen LogP contribution in [0.4, 0.5) is 5.82 Å². The highest BCUT2D eigenvalue weighted by atomic mass is 32.5. The van der Waals surface area contributed by atoms with Crippen molar-refractivity contribution in [3.8, 4) is 6.07 Å². The summed E-state index contributed by atoms with van der Waals surface area (Å²) in [6, 6.07) is 30.9. The fraction of sp³-hybridized carbons (Fsp3) is 0.400. The zero-order valence-electron chi connectivity index (χ0n) is 43.1. The molecule has 0 bridgehead atoms. The number of nitrogens with one attached hydrogen (secondary N) is 1. The molecule has 79 heavy (non-hydrogen) atoms. The second-order valence-corrected chi connectivity index (χ2v) is 22.0. The molecule has 2 aliphatic rings. The first kappa shape index (κ1) is 59.6. The summed E-state index contributed by atoms with van der Waals surface area (Å²) in [5.41, 5.74) is 1.88. The van der Waals surface area contributed by atoms with E-state index in [1.54, 1.807) is 0 Å². The van der Waals surface area contributed by atoms with Crippen molar-refractivity contribution in [3.63, 3.8) is 0 Å². The zero-order valence-corrected chi connectivity index (χ0v) is 45.7. The predicted molar refractivity (Wildman–Crippen MR) is 274 cm³/mol. The van der Waals surface area contributed by atoms with Crippen molar-refractivity contribution in [1.29, 1.82) is 5.26 Å². The third-order valence-electron chi connectivity index (χ3n) is 11.7. The lowest BCUT2D eigenvalue weighted by atomic mass is 9.77. The number of carbonyl (C=O) groups excluding carboxylic acids is 6. The Hall–Kier alpha value is -7.08. The van der Waals surface area contributed by atoms with Gasteiger partial charge in [0.2, 0.25) is 6.29 Å². The quantitative estimate of drug-likeness (QED) is 0.0272. The number of benzene rings is 3. The molecule has 0 radical (unpaired) electrons. The average Bonchev–Trinajstić information content (AvgIpc) is 4.11. The van der Waals surface area contributed by atoms with E-state index in [9.17, 15) is 43.5 Å². The summed E-state index contributed by atoms with van der Waals surface area (Å²) in [6.45, 7) is -0.669. The summed E-state index contributed by atoms with van der Waals surface area (Å²) in [7, 11) is -5.76. The van der Waals surface area contributed by atoms with E-state index in [1.165, 1.54) is 17.2 Å². The molecule has 3 aromatic carbocycles. The lowest BCUT2D eigenvalue weighted by molar-refractivity contribution is -0.291. The second kappa shape index (κ2) is 26.3. The van der Waals surface area contributed by atoms with Gasteiger partial charge in [0.25, 0.3) is 0 Å². The highest BCUT2D eigenvalue weighted by molar-refractivity contribution is 8.08. The third-order valence-corrected chi connectivity index (χ3v) is 16.0. The number of carbonyl (C=O) groups is 6. The van der Waals surface area contributed by atoms with Crippen LogP contribution in [0.3, 0.4) is 0 Å². The second-order valence-electron chi connectivity index (χ2n) is 17.4. The maximum Gasteiger partial charge on any atom is 0.481 e. The Bertz CT molecular complexity index is 3040. The minimum absolute atomic E-state index is 0.153. The Morgan fingerprint density at radius 3 is 1.68 bits per heavy atom. The maximum atomic E-state index is 14.2. The molecule has 2 N–H and O–H groups in total. The Morgan fingerprint density at radius 1 is 0.671 bits per heavy atom. The lowest BCUT2D eigenvalue weighted by Gasteiger charge is -2.44. The number of phosphoric acid groups is 1. The van der Waals surface area contributed by atoms with Gasteiger partial charge in [0, 0.05) is 41.5 Å². The largest absolute Gasteiger partial charge is 0.481 e. The summed E-state index contributed by atoms with van der Waals surface area (Å²) in [6.07, 6.45) is -12.9. The van der Waals surface area contributed by atoms with E-state index in [1.807, 2.05) is 97.1 Å². The van der Waals surface area contributed by atoms with E-state index in [4.69, 9.17) is 72.6 Å². The first-order chi connectivity index (χ1) is 37.6. The number of esters is 6. The molecule has 2 aliphatic heterocycles. The van der Waals surface area contributed by atoms with Crippen molar-refractivity contribution >= 4 is 79.1 Å². The lowest BCUT2D eigenvalue weighted by Crippen LogP contribution is -2.62. The van der Waals surface area contributed by atoms with Gasteiger partial charge in [0.15, 0.2) is 53.7 Å². The molecule has 2 saturated heterocycles. The van der Waals surface area contributed by atoms with Crippen LogP contribution in [0.25, 0.3) is 11.2 Å².